The van der Waals surface area contributed by atoms with Crippen LogP contribution in [0, 0.1) is 17.7 Å². The summed E-state index contributed by atoms with van der Waals surface area (Å²) in [6.45, 7) is 0. The van der Waals surface area contributed by atoms with Gasteiger partial charge >= 0.3 is 0 Å². The number of rotatable bonds is 3. The van der Waals surface area contributed by atoms with Crippen LogP contribution < -0.4 is 4.74 Å². The number of aromatic nitrogens is 1. The van der Waals surface area contributed by atoms with Crippen molar-refractivity contribution in [3.63, 3.8) is 0 Å². The summed E-state index contributed by atoms with van der Waals surface area (Å²) < 4.78 is 19.1. The van der Waals surface area contributed by atoms with Gasteiger partial charge in [0.2, 0.25) is 0 Å². The molecule has 0 bridgehead atoms. The van der Waals surface area contributed by atoms with Gasteiger partial charge in [-0.1, -0.05) is 60.4 Å². The van der Waals surface area contributed by atoms with Gasteiger partial charge in [-0.25, -0.2) is 9.37 Å². The van der Waals surface area contributed by atoms with Crippen LogP contribution in [0.5, 0.6) is 5.75 Å². The van der Waals surface area contributed by atoms with Crippen molar-refractivity contribution in [2.24, 2.45) is 0 Å². The standard InChI is InChI=1S/C30H20FNO/c1-33-25-18-14-23(15-19-25)30-27(20-11-21-7-3-2-4-8-21)29(22-12-16-24(31)17-13-22)26-9-5-6-10-28(26)32-30/h2-10,12-19H,1H3. The third-order valence-electron chi connectivity index (χ3n) is 5.49. The van der Waals surface area contributed by atoms with E-state index in [4.69, 9.17) is 9.72 Å². The first-order chi connectivity index (χ1) is 16.2. The van der Waals surface area contributed by atoms with E-state index in [1.54, 1.807) is 19.2 Å². The van der Waals surface area contributed by atoms with Gasteiger partial charge in [0.1, 0.15) is 11.6 Å². The predicted molar refractivity (Wildman–Crippen MR) is 132 cm³/mol. The van der Waals surface area contributed by atoms with Gasteiger partial charge in [0, 0.05) is 22.1 Å². The van der Waals surface area contributed by atoms with Crippen LogP contribution in [0.4, 0.5) is 4.39 Å². The number of hydrogen-bond acceptors (Lipinski definition) is 2. The van der Waals surface area contributed by atoms with Crippen LogP contribution in [-0.2, 0) is 0 Å². The largest absolute Gasteiger partial charge is 0.497 e. The van der Waals surface area contributed by atoms with Crippen LogP contribution in [0.15, 0.2) is 103 Å². The van der Waals surface area contributed by atoms with E-state index in [-0.39, 0.29) is 5.82 Å². The fourth-order valence-electron chi connectivity index (χ4n) is 3.86. The maximum absolute atomic E-state index is 13.7. The van der Waals surface area contributed by atoms with E-state index < -0.39 is 0 Å². The van der Waals surface area contributed by atoms with Gasteiger partial charge in [0.25, 0.3) is 0 Å². The van der Waals surface area contributed by atoms with Crippen LogP contribution in [0.25, 0.3) is 33.3 Å². The van der Waals surface area contributed by atoms with Gasteiger partial charge in [-0.2, -0.15) is 0 Å². The first-order valence-corrected chi connectivity index (χ1v) is 10.6. The Hall–Kier alpha value is -4.42. The number of halogens is 1. The highest BCUT2D eigenvalue weighted by Crippen LogP contribution is 2.37. The summed E-state index contributed by atoms with van der Waals surface area (Å²) in [5, 5.41) is 0.971. The lowest BCUT2D eigenvalue weighted by molar-refractivity contribution is 0.415. The third-order valence-corrected chi connectivity index (χ3v) is 5.49. The van der Waals surface area contributed by atoms with E-state index in [9.17, 15) is 4.39 Å². The second-order valence-corrected chi connectivity index (χ2v) is 7.58. The predicted octanol–water partition coefficient (Wildman–Crippen LogP) is 7.12. The number of methoxy groups -OCH3 is 1. The third kappa shape index (κ3) is 4.20. The zero-order chi connectivity index (χ0) is 22.6. The first kappa shape index (κ1) is 20.5. The van der Waals surface area contributed by atoms with Crippen LogP contribution in [-0.4, -0.2) is 12.1 Å². The van der Waals surface area contributed by atoms with Gasteiger partial charge < -0.3 is 4.74 Å². The lowest BCUT2D eigenvalue weighted by atomic mass is 9.92. The molecule has 0 saturated carbocycles. The van der Waals surface area contributed by atoms with E-state index in [0.717, 1.165) is 50.2 Å². The molecule has 0 atom stereocenters. The monoisotopic (exact) mass is 429 g/mol. The van der Waals surface area contributed by atoms with Crippen LogP contribution in [0.3, 0.4) is 0 Å². The number of benzene rings is 4. The molecule has 0 aliphatic heterocycles. The quantitative estimate of drug-likeness (QED) is 0.285. The van der Waals surface area contributed by atoms with Gasteiger partial charge in [-0.05, 0) is 60.2 Å². The minimum atomic E-state index is -0.274. The summed E-state index contributed by atoms with van der Waals surface area (Å²) >= 11 is 0. The molecule has 1 aromatic heterocycles. The summed E-state index contributed by atoms with van der Waals surface area (Å²) in [7, 11) is 1.65. The average Bonchev–Trinajstić information content (AvgIpc) is 2.88. The Morgan fingerprint density at radius 1 is 0.697 bits per heavy atom. The molecule has 33 heavy (non-hydrogen) atoms. The Morgan fingerprint density at radius 3 is 2.09 bits per heavy atom. The lowest BCUT2D eigenvalue weighted by Gasteiger charge is -2.15. The summed E-state index contributed by atoms with van der Waals surface area (Å²) in [5.74, 6) is 7.18. The number of para-hydroxylation sites is 1. The van der Waals surface area contributed by atoms with Crippen molar-refractivity contribution in [3.8, 4) is 40.0 Å². The molecule has 0 saturated heterocycles. The Kier molecular flexibility index (Phi) is 5.57. The Balaban J connectivity index is 1.84. The number of nitrogens with zero attached hydrogens (tertiary/aromatic N) is 1. The second-order valence-electron chi connectivity index (χ2n) is 7.58. The van der Waals surface area contributed by atoms with Crippen molar-refractivity contribution in [2.75, 3.05) is 7.11 Å². The van der Waals surface area contributed by atoms with E-state index >= 15 is 0 Å². The summed E-state index contributed by atoms with van der Waals surface area (Å²) in [6, 6.07) is 32.2. The van der Waals surface area contributed by atoms with Crippen molar-refractivity contribution in [2.45, 2.75) is 0 Å². The van der Waals surface area contributed by atoms with Gasteiger partial charge in [0.15, 0.2) is 0 Å². The van der Waals surface area contributed by atoms with E-state index in [2.05, 4.69) is 11.8 Å². The normalized spacial score (nSPS) is 10.5. The summed E-state index contributed by atoms with van der Waals surface area (Å²) in [6.07, 6.45) is 0. The molecule has 1 heterocycles. The van der Waals surface area contributed by atoms with Gasteiger partial charge in [-0.3, -0.25) is 0 Å². The number of hydrogen-bond donors (Lipinski definition) is 0. The van der Waals surface area contributed by atoms with Crippen molar-refractivity contribution < 1.29 is 9.13 Å². The average molecular weight is 429 g/mol. The molecule has 0 fully saturated rings. The first-order valence-electron chi connectivity index (χ1n) is 10.6. The molecule has 158 valence electrons. The molecule has 2 nitrogen and oxygen atoms in total. The molecule has 0 aliphatic rings. The number of pyridine rings is 1. The molecule has 3 heteroatoms. The molecular weight excluding hydrogens is 409 g/mol. The maximum Gasteiger partial charge on any atom is 0.123 e. The highest BCUT2D eigenvalue weighted by atomic mass is 19.1. The van der Waals surface area contributed by atoms with Gasteiger partial charge in [0.05, 0.1) is 23.9 Å². The molecule has 0 N–H and O–H groups in total. The zero-order valence-corrected chi connectivity index (χ0v) is 18.0. The van der Waals surface area contributed by atoms with Crippen molar-refractivity contribution in [1.82, 2.24) is 4.98 Å². The Bertz CT molecular complexity index is 1480. The van der Waals surface area contributed by atoms with Crippen LogP contribution in [0.1, 0.15) is 11.1 Å². The van der Waals surface area contributed by atoms with Crippen molar-refractivity contribution in [1.29, 1.82) is 0 Å². The lowest BCUT2D eigenvalue weighted by Crippen LogP contribution is -1.97. The minimum absolute atomic E-state index is 0.274. The highest BCUT2D eigenvalue weighted by Gasteiger charge is 2.17. The molecule has 5 rings (SSSR count). The van der Waals surface area contributed by atoms with Crippen molar-refractivity contribution in [3.05, 3.63) is 120 Å². The summed E-state index contributed by atoms with van der Waals surface area (Å²) in [5.41, 5.74) is 6.11. The minimum Gasteiger partial charge on any atom is -0.497 e. The van der Waals surface area contributed by atoms with Gasteiger partial charge in [-0.15, -0.1) is 0 Å². The molecule has 0 radical (unpaired) electrons. The summed E-state index contributed by atoms with van der Waals surface area (Å²) in [4.78, 5) is 5.00. The molecular formula is C30H20FNO. The highest BCUT2D eigenvalue weighted by molar-refractivity contribution is 6.01. The Labute approximate surface area is 192 Å². The molecule has 5 aromatic rings. The molecule has 4 aromatic carbocycles. The van der Waals surface area contributed by atoms with Crippen LogP contribution in [0.2, 0.25) is 0 Å². The molecule has 0 amide bonds. The number of fused-ring (bicyclic) bond motifs is 1. The Morgan fingerprint density at radius 2 is 1.36 bits per heavy atom. The topological polar surface area (TPSA) is 22.1 Å². The van der Waals surface area contributed by atoms with Crippen molar-refractivity contribution >= 4 is 10.9 Å². The van der Waals surface area contributed by atoms with Crippen LogP contribution >= 0.6 is 0 Å². The molecule has 0 unspecified atom stereocenters. The van der Waals surface area contributed by atoms with E-state index in [1.165, 1.54) is 12.1 Å². The second kappa shape index (κ2) is 8.98. The maximum atomic E-state index is 13.7. The SMILES string of the molecule is COc1ccc(-c2nc3ccccc3c(-c3ccc(F)cc3)c2C#Cc2ccccc2)cc1. The number of ether oxygens (including phenoxy) is 1. The molecule has 0 aliphatic carbocycles. The molecule has 0 spiro atoms. The van der Waals surface area contributed by atoms with E-state index in [1.807, 2.05) is 78.9 Å². The fourth-order valence-corrected chi connectivity index (χ4v) is 3.86. The smallest absolute Gasteiger partial charge is 0.123 e. The zero-order valence-electron chi connectivity index (χ0n) is 18.0. The fraction of sp³-hybridized carbons (Fsp3) is 0.0333. The van der Waals surface area contributed by atoms with E-state index in [0.29, 0.717) is 0 Å².